The minimum absolute atomic E-state index is 0.111. The molecule has 0 aromatic heterocycles. The second-order valence-corrected chi connectivity index (χ2v) is 5.64. The molecule has 1 N–H and O–H groups in total. The Hall–Kier alpha value is -0.630. The SMILES string of the molecule is CNC1(C#N)CCC(OCCOC(C)(C)C)C1. The van der Waals surface area contributed by atoms with E-state index in [9.17, 15) is 0 Å². The number of rotatable bonds is 5. The van der Waals surface area contributed by atoms with Crippen molar-refractivity contribution in [3.05, 3.63) is 0 Å². The maximum atomic E-state index is 9.12. The van der Waals surface area contributed by atoms with Crippen molar-refractivity contribution in [2.45, 2.75) is 57.3 Å². The lowest BCUT2D eigenvalue weighted by Crippen LogP contribution is -2.39. The molecule has 2 unspecified atom stereocenters. The van der Waals surface area contributed by atoms with Crippen LogP contribution in [0, 0.1) is 11.3 Å². The molecule has 0 aromatic carbocycles. The molecule has 0 aliphatic heterocycles. The molecule has 0 amide bonds. The summed E-state index contributed by atoms with van der Waals surface area (Å²) >= 11 is 0. The van der Waals surface area contributed by atoms with E-state index in [0.29, 0.717) is 13.2 Å². The molecule has 1 rings (SSSR count). The number of nitrogens with zero attached hydrogens (tertiary/aromatic N) is 1. The van der Waals surface area contributed by atoms with E-state index in [1.54, 1.807) is 0 Å². The van der Waals surface area contributed by atoms with Crippen LogP contribution in [0.1, 0.15) is 40.0 Å². The highest BCUT2D eigenvalue weighted by atomic mass is 16.5. The molecule has 17 heavy (non-hydrogen) atoms. The van der Waals surface area contributed by atoms with Gasteiger partial charge in [0.15, 0.2) is 0 Å². The Balaban J connectivity index is 2.21. The van der Waals surface area contributed by atoms with Gasteiger partial charge in [0.1, 0.15) is 5.54 Å². The molecule has 0 radical (unpaired) electrons. The molecule has 4 nitrogen and oxygen atoms in total. The summed E-state index contributed by atoms with van der Waals surface area (Å²) in [6.07, 6.45) is 2.77. The van der Waals surface area contributed by atoms with Crippen LogP contribution in [-0.4, -0.2) is 37.5 Å². The Morgan fingerprint density at radius 1 is 1.41 bits per heavy atom. The van der Waals surface area contributed by atoms with Gasteiger partial charge in [-0.1, -0.05) is 0 Å². The first kappa shape index (κ1) is 14.4. The largest absolute Gasteiger partial charge is 0.376 e. The third-order valence-electron chi connectivity index (χ3n) is 3.13. The van der Waals surface area contributed by atoms with Crippen LogP contribution in [-0.2, 0) is 9.47 Å². The molecule has 1 saturated carbocycles. The Morgan fingerprint density at radius 3 is 2.59 bits per heavy atom. The van der Waals surface area contributed by atoms with Crippen molar-refractivity contribution in [2.24, 2.45) is 0 Å². The minimum atomic E-state index is -0.379. The fraction of sp³-hybridized carbons (Fsp3) is 0.923. The molecule has 0 heterocycles. The predicted octanol–water partition coefficient (Wildman–Crippen LogP) is 1.85. The van der Waals surface area contributed by atoms with E-state index < -0.39 is 0 Å². The highest BCUT2D eigenvalue weighted by Gasteiger charge is 2.38. The molecule has 0 saturated heterocycles. The summed E-state index contributed by atoms with van der Waals surface area (Å²) in [7, 11) is 1.84. The van der Waals surface area contributed by atoms with Gasteiger partial charge >= 0.3 is 0 Å². The van der Waals surface area contributed by atoms with Crippen LogP contribution in [0.5, 0.6) is 0 Å². The van der Waals surface area contributed by atoms with E-state index in [2.05, 4.69) is 11.4 Å². The maximum absolute atomic E-state index is 9.12. The van der Waals surface area contributed by atoms with Crippen molar-refractivity contribution in [3.8, 4) is 6.07 Å². The summed E-state index contributed by atoms with van der Waals surface area (Å²) in [6.45, 7) is 7.31. The van der Waals surface area contributed by atoms with Gasteiger partial charge in [-0.25, -0.2) is 0 Å². The molecular weight excluding hydrogens is 216 g/mol. The van der Waals surface area contributed by atoms with Crippen LogP contribution in [0.15, 0.2) is 0 Å². The van der Waals surface area contributed by atoms with Crippen molar-refractivity contribution < 1.29 is 9.47 Å². The second-order valence-electron chi connectivity index (χ2n) is 5.64. The smallest absolute Gasteiger partial charge is 0.109 e. The van der Waals surface area contributed by atoms with Gasteiger partial charge in [0.25, 0.3) is 0 Å². The normalized spacial score (nSPS) is 29.2. The number of nitriles is 1. The van der Waals surface area contributed by atoms with Crippen LogP contribution in [0.2, 0.25) is 0 Å². The summed E-state index contributed by atoms with van der Waals surface area (Å²) in [6, 6.07) is 2.35. The molecule has 98 valence electrons. The summed E-state index contributed by atoms with van der Waals surface area (Å²) < 4.78 is 11.3. The lowest BCUT2D eigenvalue weighted by molar-refractivity contribution is -0.0508. The first-order valence-corrected chi connectivity index (χ1v) is 6.26. The van der Waals surface area contributed by atoms with Crippen LogP contribution in [0.3, 0.4) is 0 Å². The van der Waals surface area contributed by atoms with Crippen molar-refractivity contribution in [3.63, 3.8) is 0 Å². The van der Waals surface area contributed by atoms with Crippen molar-refractivity contribution in [1.29, 1.82) is 5.26 Å². The molecule has 0 aromatic rings. The minimum Gasteiger partial charge on any atom is -0.376 e. The van der Waals surface area contributed by atoms with Crippen molar-refractivity contribution >= 4 is 0 Å². The number of nitrogens with one attached hydrogen (secondary N) is 1. The van der Waals surface area contributed by atoms with E-state index in [1.807, 2.05) is 27.8 Å². The van der Waals surface area contributed by atoms with Crippen molar-refractivity contribution in [1.82, 2.24) is 5.32 Å². The number of hydrogen-bond acceptors (Lipinski definition) is 4. The zero-order valence-corrected chi connectivity index (χ0v) is 11.4. The van der Waals surface area contributed by atoms with E-state index in [-0.39, 0.29) is 17.2 Å². The lowest BCUT2D eigenvalue weighted by atomic mass is 10.0. The highest BCUT2D eigenvalue weighted by molar-refractivity contribution is 5.11. The first-order chi connectivity index (χ1) is 7.91. The fourth-order valence-electron chi connectivity index (χ4n) is 2.09. The zero-order valence-electron chi connectivity index (χ0n) is 11.4. The van der Waals surface area contributed by atoms with Gasteiger partial charge in [0.05, 0.1) is 31.0 Å². The maximum Gasteiger partial charge on any atom is 0.109 e. The summed E-state index contributed by atoms with van der Waals surface area (Å²) in [5.74, 6) is 0. The van der Waals surface area contributed by atoms with Gasteiger partial charge in [0.2, 0.25) is 0 Å². The summed E-state index contributed by atoms with van der Waals surface area (Å²) in [4.78, 5) is 0. The average Bonchev–Trinajstić information content (AvgIpc) is 2.68. The molecule has 1 fully saturated rings. The monoisotopic (exact) mass is 240 g/mol. The van der Waals surface area contributed by atoms with Gasteiger partial charge in [-0.2, -0.15) is 5.26 Å². The highest BCUT2D eigenvalue weighted by Crippen LogP contribution is 2.31. The second kappa shape index (κ2) is 5.81. The Bertz CT molecular complexity index is 280. The fourth-order valence-corrected chi connectivity index (χ4v) is 2.09. The molecule has 4 heteroatoms. The van der Waals surface area contributed by atoms with E-state index in [1.165, 1.54) is 0 Å². The third-order valence-corrected chi connectivity index (χ3v) is 3.13. The molecule has 1 aliphatic carbocycles. The quantitative estimate of drug-likeness (QED) is 0.745. The topological polar surface area (TPSA) is 54.3 Å². The Morgan fingerprint density at radius 2 is 2.12 bits per heavy atom. The predicted molar refractivity (Wildman–Crippen MR) is 66.7 cm³/mol. The Kier molecular flexibility index (Phi) is 4.93. The number of ether oxygens (including phenoxy) is 2. The molecule has 1 aliphatic rings. The van der Waals surface area contributed by atoms with Crippen molar-refractivity contribution in [2.75, 3.05) is 20.3 Å². The lowest BCUT2D eigenvalue weighted by Gasteiger charge is -2.21. The average molecular weight is 240 g/mol. The molecule has 0 spiro atoms. The number of hydrogen-bond donors (Lipinski definition) is 1. The standard InChI is InChI=1S/C13H24N2O2/c1-12(2,3)17-8-7-16-11-5-6-13(9-11,10-14)15-4/h11,15H,5-9H2,1-4H3. The summed E-state index contributed by atoms with van der Waals surface area (Å²) in [5.41, 5.74) is -0.490. The van der Waals surface area contributed by atoms with E-state index in [4.69, 9.17) is 14.7 Å². The molecular formula is C13H24N2O2. The van der Waals surface area contributed by atoms with Crippen LogP contribution in [0.4, 0.5) is 0 Å². The zero-order chi connectivity index (χ0) is 12.9. The van der Waals surface area contributed by atoms with Crippen LogP contribution >= 0.6 is 0 Å². The van der Waals surface area contributed by atoms with E-state index >= 15 is 0 Å². The van der Waals surface area contributed by atoms with Gasteiger partial charge in [-0.3, -0.25) is 0 Å². The van der Waals surface area contributed by atoms with Gasteiger partial charge in [-0.05, 0) is 40.7 Å². The summed E-state index contributed by atoms with van der Waals surface area (Å²) in [5, 5.41) is 12.2. The van der Waals surface area contributed by atoms with Gasteiger partial charge in [-0.15, -0.1) is 0 Å². The molecule has 2 atom stereocenters. The van der Waals surface area contributed by atoms with Gasteiger partial charge in [0, 0.05) is 6.42 Å². The van der Waals surface area contributed by atoms with E-state index in [0.717, 1.165) is 19.3 Å². The van der Waals surface area contributed by atoms with Crippen LogP contribution in [0.25, 0.3) is 0 Å². The van der Waals surface area contributed by atoms with Crippen LogP contribution < -0.4 is 5.32 Å². The third kappa shape index (κ3) is 4.63. The Labute approximate surface area is 104 Å². The van der Waals surface area contributed by atoms with Gasteiger partial charge < -0.3 is 14.8 Å². The molecule has 0 bridgehead atoms. The first-order valence-electron chi connectivity index (χ1n) is 6.26.